The normalized spacial score (nSPS) is 9.68. The van der Waals surface area contributed by atoms with Crippen LogP contribution in [0.2, 0.25) is 0 Å². The first-order chi connectivity index (χ1) is 9.11. The fraction of sp³-hybridized carbons (Fsp3) is 0.0714. The minimum atomic E-state index is -1.03. The maximum atomic E-state index is 10.9. The number of para-hydroxylation sites is 1. The number of nitrogens with zero attached hydrogens (tertiary/aromatic N) is 2. The van der Waals surface area contributed by atoms with E-state index in [1.807, 2.05) is 6.07 Å². The Hall–Kier alpha value is -2.87. The minimum Gasteiger partial charge on any atom is -0.478 e. The number of aromatic nitrogens is 1. The Morgan fingerprint density at radius 2 is 2.05 bits per heavy atom. The van der Waals surface area contributed by atoms with Gasteiger partial charge in [-0.05, 0) is 25.1 Å². The van der Waals surface area contributed by atoms with Crippen molar-refractivity contribution in [3.63, 3.8) is 0 Å². The Bertz CT molecular complexity index is 675. The largest absolute Gasteiger partial charge is 0.478 e. The molecule has 0 spiro atoms. The number of aromatic carboxylic acids is 1. The molecule has 19 heavy (non-hydrogen) atoms. The van der Waals surface area contributed by atoms with E-state index in [1.54, 1.807) is 31.2 Å². The summed E-state index contributed by atoms with van der Waals surface area (Å²) in [6, 6.07) is 11.7. The van der Waals surface area contributed by atoms with Crippen molar-refractivity contribution >= 4 is 5.97 Å². The molecule has 0 aliphatic heterocycles. The van der Waals surface area contributed by atoms with Crippen LogP contribution in [0.3, 0.4) is 0 Å². The van der Waals surface area contributed by atoms with Crippen molar-refractivity contribution in [3.8, 4) is 17.7 Å². The molecule has 0 saturated heterocycles. The summed E-state index contributed by atoms with van der Waals surface area (Å²) in [4.78, 5) is 14.9. The van der Waals surface area contributed by atoms with Gasteiger partial charge in [-0.15, -0.1) is 0 Å². The van der Waals surface area contributed by atoms with Gasteiger partial charge in [-0.2, -0.15) is 5.26 Å². The SMILES string of the molecule is Cc1nc(Oc2ccccc2C#N)ccc1C(=O)O. The first-order valence-corrected chi connectivity index (χ1v) is 5.49. The molecule has 2 rings (SSSR count). The summed E-state index contributed by atoms with van der Waals surface area (Å²) in [5, 5.41) is 17.8. The van der Waals surface area contributed by atoms with Crippen molar-refractivity contribution in [3.05, 3.63) is 53.2 Å². The van der Waals surface area contributed by atoms with Crippen LogP contribution in [-0.2, 0) is 0 Å². The van der Waals surface area contributed by atoms with E-state index in [-0.39, 0.29) is 11.4 Å². The van der Waals surface area contributed by atoms with Crippen molar-refractivity contribution < 1.29 is 14.6 Å². The highest BCUT2D eigenvalue weighted by Gasteiger charge is 2.10. The first kappa shape index (κ1) is 12.6. The fourth-order valence-corrected chi connectivity index (χ4v) is 1.58. The molecule has 1 aromatic heterocycles. The van der Waals surface area contributed by atoms with Gasteiger partial charge in [0.15, 0.2) is 0 Å². The van der Waals surface area contributed by atoms with Gasteiger partial charge in [-0.25, -0.2) is 9.78 Å². The molecule has 0 saturated carbocycles. The van der Waals surface area contributed by atoms with E-state index < -0.39 is 5.97 Å². The molecular weight excluding hydrogens is 244 g/mol. The highest BCUT2D eigenvalue weighted by atomic mass is 16.5. The van der Waals surface area contributed by atoms with Gasteiger partial charge >= 0.3 is 5.97 Å². The Morgan fingerprint density at radius 1 is 1.32 bits per heavy atom. The molecule has 0 unspecified atom stereocenters. The lowest BCUT2D eigenvalue weighted by Crippen LogP contribution is -2.02. The van der Waals surface area contributed by atoms with E-state index in [9.17, 15) is 4.79 Å². The van der Waals surface area contributed by atoms with Gasteiger partial charge in [-0.1, -0.05) is 12.1 Å². The van der Waals surface area contributed by atoms with Gasteiger partial charge in [0.1, 0.15) is 11.8 Å². The summed E-state index contributed by atoms with van der Waals surface area (Å²) in [5.41, 5.74) is 0.879. The molecule has 2 aromatic rings. The number of hydrogen-bond donors (Lipinski definition) is 1. The zero-order chi connectivity index (χ0) is 13.8. The summed E-state index contributed by atoms with van der Waals surface area (Å²) < 4.78 is 5.49. The molecule has 0 aliphatic carbocycles. The summed E-state index contributed by atoms with van der Waals surface area (Å²) in [5.74, 6) is -0.390. The highest BCUT2D eigenvalue weighted by Crippen LogP contribution is 2.24. The Kier molecular flexibility index (Phi) is 3.44. The van der Waals surface area contributed by atoms with Crippen LogP contribution in [-0.4, -0.2) is 16.1 Å². The predicted molar refractivity (Wildman–Crippen MR) is 67.2 cm³/mol. The smallest absolute Gasteiger partial charge is 0.337 e. The number of hydrogen-bond acceptors (Lipinski definition) is 4. The summed E-state index contributed by atoms with van der Waals surface area (Å²) in [6.07, 6.45) is 0. The molecule has 1 heterocycles. The first-order valence-electron chi connectivity index (χ1n) is 5.49. The van der Waals surface area contributed by atoms with E-state index in [0.717, 1.165) is 0 Å². The second-order valence-electron chi connectivity index (χ2n) is 3.80. The lowest BCUT2D eigenvalue weighted by molar-refractivity contribution is 0.0695. The Balaban J connectivity index is 2.32. The predicted octanol–water partition coefficient (Wildman–Crippen LogP) is 2.75. The second kappa shape index (κ2) is 5.19. The van der Waals surface area contributed by atoms with Crippen LogP contribution < -0.4 is 4.74 Å². The monoisotopic (exact) mass is 254 g/mol. The quantitative estimate of drug-likeness (QED) is 0.910. The number of benzene rings is 1. The van der Waals surface area contributed by atoms with E-state index in [2.05, 4.69) is 4.98 Å². The summed E-state index contributed by atoms with van der Waals surface area (Å²) in [6.45, 7) is 1.59. The van der Waals surface area contributed by atoms with Crippen molar-refractivity contribution in [2.75, 3.05) is 0 Å². The third-order valence-corrected chi connectivity index (χ3v) is 2.51. The van der Waals surface area contributed by atoms with Crippen LogP contribution in [0.1, 0.15) is 21.6 Å². The number of carboxylic acids is 1. The van der Waals surface area contributed by atoms with Crippen molar-refractivity contribution in [1.29, 1.82) is 5.26 Å². The van der Waals surface area contributed by atoms with Gasteiger partial charge in [0.2, 0.25) is 5.88 Å². The van der Waals surface area contributed by atoms with Crippen LogP contribution in [0.5, 0.6) is 11.6 Å². The maximum Gasteiger partial charge on any atom is 0.337 e. The van der Waals surface area contributed by atoms with Gasteiger partial charge in [0.05, 0.1) is 16.8 Å². The van der Waals surface area contributed by atoms with E-state index in [0.29, 0.717) is 17.0 Å². The molecule has 0 radical (unpaired) electrons. The molecule has 0 fully saturated rings. The molecule has 1 N–H and O–H groups in total. The maximum absolute atomic E-state index is 10.9. The number of aryl methyl sites for hydroxylation is 1. The average molecular weight is 254 g/mol. The highest BCUT2D eigenvalue weighted by molar-refractivity contribution is 5.88. The molecule has 0 aliphatic rings. The van der Waals surface area contributed by atoms with E-state index >= 15 is 0 Å². The van der Waals surface area contributed by atoms with Crippen molar-refractivity contribution in [2.24, 2.45) is 0 Å². The van der Waals surface area contributed by atoms with Gasteiger partial charge in [-0.3, -0.25) is 0 Å². The Labute approximate surface area is 109 Å². The molecule has 0 bridgehead atoms. The molecule has 0 atom stereocenters. The standard InChI is InChI=1S/C14H10N2O3/c1-9-11(14(17)18)6-7-13(16-9)19-12-5-3-2-4-10(12)8-15/h2-7H,1H3,(H,17,18). The van der Waals surface area contributed by atoms with Crippen molar-refractivity contribution in [2.45, 2.75) is 6.92 Å². The molecule has 94 valence electrons. The van der Waals surface area contributed by atoms with Crippen LogP contribution in [0, 0.1) is 18.3 Å². The lowest BCUT2D eigenvalue weighted by Gasteiger charge is -2.07. The molecule has 5 heteroatoms. The van der Waals surface area contributed by atoms with Crippen LogP contribution >= 0.6 is 0 Å². The zero-order valence-electron chi connectivity index (χ0n) is 10.1. The number of carboxylic acid groups (broad SMARTS) is 1. The second-order valence-corrected chi connectivity index (χ2v) is 3.80. The van der Waals surface area contributed by atoms with Gasteiger partial charge in [0.25, 0.3) is 0 Å². The fourth-order valence-electron chi connectivity index (χ4n) is 1.58. The van der Waals surface area contributed by atoms with E-state index in [1.165, 1.54) is 12.1 Å². The number of nitriles is 1. The van der Waals surface area contributed by atoms with Crippen LogP contribution in [0.25, 0.3) is 0 Å². The number of pyridine rings is 1. The Morgan fingerprint density at radius 3 is 2.68 bits per heavy atom. The number of carbonyl (C=O) groups is 1. The molecule has 0 amide bonds. The van der Waals surface area contributed by atoms with Gasteiger partial charge < -0.3 is 9.84 Å². The molecular formula is C14H10N2O3. The summed E-state index contributed by atoms with van der Waals surface area (Å²) >= 11 is 0. The topological polar surface area (TPSA) is 83.2 Å². The zero-order valence-corrected chi connectivity index (χ0v) is 10.1. The van der Waals surface area contributed by atoms with Crippen LogP contribution in [0.15, 0.2) is 36.4 Å². The molecule has 1 aromatic carbocycles. The summed E-state index contributed by atoms with van der Waals surface area (Å²) in [7, 11) is 0. The minimum absolute atomic E-state index is 0.126. The third kappa shape index (κ3) is 2.69. The molecule has 5 nitrogen and oxygen atoms in total. The van der Waals surface area contributed by atoms with E-state index in [4.69, 9.17) is 15.1 Å². The van der Waals surface area contributed by atoms with Crippen molar-refractivity contribution in [1.82, 2.24) is 4.98 Å². The van der Waals surface area contributed by atoms with Gasteiger partial charge in [0, 0.05) is 6.07 Å². The number of ether oxygens (including phenoxy) is 1. The average Bonchev–Trinajstić information content (AvgIpc) is 2.39. The lowest BCUT2D eigenvalue weighted by atomic mass is 10.2. The number of rotatable bonds is 3. The van der Waals surface area contributed by atoms with Crippen LogP contribution in [0.4, 0.5) is 0 Å². The third-order valence-electron chi connectivity index (χ3n) is 2.51.